The molecule has 0 aromatic rings. The number of carbonyl (C=O) groups excluding carboxylic acids is 1. The van der Waals surface area contributed by atoms with Gasteiger partial charge in [0.25, 0.3) is 0 Å². The third-order valence-corrected chi connectivity index (χ3v) is 4.21. The van der Waals surface area contributed by atoms with E-state index >= 15 is 0 Å². The lowest BCUT2D eigenvalue weighted by atomic mass is 9.79. The van der Waals surface area contributed by atoms with Crippen LogP contribution in [0.15, 0.2) is 0 Å². The fraction of sp³-hybridized carbons (Fsp3) is 0.923. The lowest BCUT2D eigenvalue weighted by Gasteiger charge is -2.42. The molecule has 1 aliphatic heterocycles. The maximum atomic E-state index is 12.0. The molecule has 1 amide bonds. The molecule has 1 atom stereocenters. The van der Waals surface area contributed by atoms with Crippen molar-refractivity contribution in [2.24, 2.45) is 11.3 Å². The summed E-state index contributed by atoms with van der Waals surface area (Å²) in [5.41, 5.74) is -0.145. The van der Waals surface area contributed by atoms with E-state index in [0.29, 0.717) is 18.4 Å². The summed E-state index contributed by atoms with van der Waals surface area (Å²) in [6.07, 6.45) is 4.94. The summed E-state index contributed by atoms with van der Waals surface area (Å²) < 4.78 is 0. The molecule has 1 saturated heterocycles. The normalized spacial score (nSPS) is 29.9. The number of likely N-dealkylation sites (tertiary alicyclic amines) is 1. The zero-order valence-corrected chi connectivity index (χ0v) is 10.4. The first-order valence-corrected chi connectivity index (χ1v) is 6.45. The van der Waals surface area contributed by atoms with Crippen molar-refractivity contribution in [1.82, 2.24) is 4.90 Å². The number of amides is 1. The van der Waals surface area contributed by atoms with E-state index < -0.39 is 0 Å². The van der Waals surface area contributed by atoms with E-state index in [-0.39, 0.29) is 11.5 Å². The molecule has 2 rings (SSSR count). The molecule has 2 fully saturated rings. The molecule has 0 bridgehead atoms. The van der Waals surface area contributed by atoms with E-state index in [2.05, 4.69) is 0 Å². The summed E-state index contributed by atoms with van der Waals surface area (Å²) in [6, 6.07) is 0. The van der Waals surface area contributed by atoms with Gasteiger partial charge in [0.15, 0.2) is 0 Å². The third-order valence-electron chi connectivity index (χ3n) is 4.21. The second-order valence-corrected chi connectivity index (χ2v) is 6.11. The maximum Gasteiger partial charge on any atom is 0.222 e. The molecule has 0 radical (unpaired) electrons. The zero-order valence-electron chi connectivity index (χ0n) is 10.4. The summed E-state index contributed by atoms with van der Waals surface area (Å²) in [6.45, 7) is 5.52. The first kappa shape index (κ1) is 11.9. The van der Waals surface area contributed by atoms with Gasteiger partial charge in [-0.2, -0.15) is 0 Å². The van der Waals surface area contributed by atoms with Gasteiger partial charge in [-0.25, -0.2) is 0 Å². The van der Waals surface area contributed by atoms with E-state index in [1.807, 2.05) is 18.7 Å². The van der Waals surface area contributed by atoms with Crippen molar-refractivity contribution in [3.63, 3.8) is 0 Å². The summed E-state index contributed by atoms with van der Waals surface area (Å²) in [4.78, 5) is 14.0. The SMILES string of the molecule is CC1(C)CN(C(=O)CC2CCC2)CCC1O. The molecule has 16 heavy (non-hydrogen) atoms. The van der Waals surface area contributed by atoms with E-state index in [1.165, 1.54) is 19.3 Å². The largest absolute Gasteiger partial charge is 0.392 e. The van der Waals surface area contributed by atoms with Gasteiger partial charge in [-0.3, -0.25) is 4.79 Å². The fourth-order valence-electron chi connectivity index (χ4n) is 2.63. The molecule has 1 N–H and O–H groups in total. The second kappa shape index (κ2) is 4.36. The number of aliphatic hydroxyl groups excluding tert-OH is 1. The lowest BCUT2D eigenvalue weighted by Crippen LogP contribution is -2.51. The van der Waals surface area contributed by atoms with Crippen molar-refractivity contribution < 1.29 is 9.90 Å². The first-order valence-electron chi connectivity index (χ1n) is 6.45. The third kappa shape index (κ3) is 2.40. The molecule has 1 saturated carbocycles. The van der Waals surface area contributed by atoms with Crippen LogP contribution in [0, 0.1) is 11.3 Å². The standard InChI is InChI=1S/C13H23NO2/c1-13(2)9-14(7-6-11(13)15)12(16)8-10-4-3-5-10/h10-11,15H,3-9H2,1-2H3. The predicted octanol–water partition coefficient (Wildman–Crippen LogP) is 1.80. The monoisotopic (exact) mass is 225 g/mol. The Morgan fingerprint density at radius 2 is 2.06 bits per heavy atom. The van der Waals surface area contributed by atoms with Gasteiger partial charge in [-0.1, -0.05) is 20.3 Å². The quantitative estimate of drug-likeness (QED) is 0.778. The number of aliphatic hydroxyl groups is 1. The molecule has 92 valence electrons. The molecule has 3 heteroatoms. The van der Waals surface area contributed by atoms with Gasteiger partial charge in [0, 0.05) is 24.9 Å². The van der Waals surface area contributed by atoms with Gasteiger partial charge in [0.1, 0.15) is 0 Å². The number of hydrogen-bond donors (Lipinski definition) is 1. The molecule has 3 nitrogen and oxygen atoms in total. The number of nitrogens with zero attached hydrogens (tertiary/aromatic N) is 1. The van der Waals surface area contributed by atoms with Crippen molar-refractivity contribution in [2.45, 2.75) is 52.1 Å². The number of hydrogen-bond acceptors (Lipinski definition) is 2. The molecule has 0 spiro atoms. The Balaban J connectivity index is 1.87. The van der Waals surface area contributed by atoms with Crippen molar-refractivity contribution >= 4 is 5.91 Å². The Labute approximate surface area is 97.8 Å². The molecule has 0 aromatic heterocycles. The van der Waals surface area contributed by atoms with Gasteiger partial charge in [-0.05, 0) is 25.2 Å². The molecular weight excluding hydrogens is 202 g/mol. The molecule has 1 aliphatic carbocycles. The van der Waals surface area contributed by atoms with E-state index in [4.69, 9.17) is 0 Å². The number of rotatable bonds is 2. The molecule has 2 aliphatic rings. The Hall–Kier alpha value is -0.570. The van der Waals surface area contributed by atoms with Gasteiger partial charge < -0.3 is 10.0 Å². The number of piperidine rings is 1. The van der Waals surface area contributed by atoms with Gasteiger partial charge in [0.2, 0.25) is 5.91 Å². The van der Waals surface area contributed by atoms with Crippen LogP contribution in [0.25, 0.3) is 0 Å². The Morgan fingerprint density at radius 1 is 1.38 bits per heavy atom. The van der Waals surface area contributed by atoms with Gasteiger partial charge in [0.05, 0.1) is 6.10 Å². The van der Waals surface area contributed by atoms with Crippen LogP contribution in [0.3, 0.4) is 0 Å². The van der Waals surface area contributed by atoms with Crippen molar-refractivity contribution in [3.8, 4) is 0 Å². The van der Waals surface area contributed by atoms with Gasteiger partial charge in [-0.15, -0.1) is 0 Å². The Bertz CT molecular complexity index is 271. The van der Waals surface area contributed by atoms with Crippen LogP contribution in [0.5, 0.6) is 0 Å². The van der Waals surface area contributed by atoms with Crippen LogP contribution in [0.2, 0.25) is 0 Å². The summed E-state index contributed by atoms with van der Waals surface area (Å²) in [7, 11) is 0. The Morgan fingerprint density at radius 3 is 2.56 bits per heavy atom. The predicted molar refractivity (Wildman–Crippen MR) is 62.9 cm³/mol. The summed E-state index contributed by atoms with van der Waals surface area (Å²) in [5.74, 6) is 0.937. The van der Waals surface area contributed by atoms with Crippen molar-refractivity contribution in [1.29, 1.82) is 0 Å². The average molecular weight is 225 g/mol. The second-order valence-electron chi connectivity index (χ2n) is 6.11. The topological polar surface area (TPSA) is 40.5 Å². The zero-order chi connectivity index (χ0) is 11.8. The molecule has 0 aromatic carbocycles. The highest BCUT2D eigenvalue weighted by atomic mass is 16.3. The summed E-state index contributed by atoms with van der Waals surface area (Å²) >= 11 is 0. The van der Waals surface area contributed by atoms with E-state index in [9.17, 15) is 9.90 Å². The van der Waals surface area contributed by atoms with Crippen LogP contribution in [0.1, 0.15) is 46.0 Å². The highest BCUT2D eigenvalue weighted by molar-refractivity contribution is 5.76. The Kier molecular flexibility index (Phi) is 3.24. The highest BCUT2D eigenvalue weighted by Crippen LogP contribution is 2.33. The smallest absolute Gasteiger partial charge is 0.222 e. The van der Waals surface area contributed by atoms with Crippen molar-refractivity contribution in [2.75, 3.05) is 13.1 Å². The van der Waals surface area contributed by atoms with Crippen LogP contribution in [-0.2, 0) is 4.79 Å². The fourth-order valence-corrected chi connectivity index (χ4v) is 2.63. The number of carbonyl (C=O) groups is 1. The van der Waals surface area contributed by atoms with Crippen LogP contribution in [0.4, 0.5) is 0 Å². The van der Waals surface area contributed by atoms with Crippen molar-refractivity contribution in [3.05, 3.63) is 0 Å². The summed E-state index contributed by atoms with van der Waals surface area (Å²) in [5, 5.41) is 9.84. The average Bonchev–Trinajstić information content (AvgIpc) is 2.15. The van der Waals surface area contributed by atoms with Gasteiger partial charge >= 0.3 is 0 Å². The van der Waals surface area contributed by atoms with E-state index in [0.717, 1.165) is 19.4 Å². The minimum Gasteiger partial charge on any atom is -0.392 e. The molecule has 1 unspecified atom stereocenters. The maximum absolute atomic E-state index is 12.0. The van der Waals surface area contributed by atoms with Crippen LogP contribution < -0.4 is 0 Å². The lowest BCUT2D eigenvalue weighted by molar-refractivity contribution is -0.139. The minimum atomic E-state index is -0.264. The minimum absolute atomic E-state index is 0.145. The first-order chi connectivity index (χ1) is 7.49. The van der Waals surface area contributed by atoms with E-state index in [1.54, 1.807) is 0 Å². The van der Waals surface area contributed by atoms with Crippen LogP contribution >= 0.6 is 0 Å². The highest BCUT2D eigenvalue weighted by Gasteiger charge is 2.36. The molecular formula is C13H23NO2. The molecule has 1 heterocycles. The van der Waals surface area contributed by atoms with Crippen LogP contribution in [-0.4, -0.2) is 35.1 Å².